The van der Waals surface area contributed by atoms with Gasteiger partial charge < -0.3 is 33.7 Å². The van der Waals surface area contributed by atoms with Crippen LogP contribution in [0.1, 0.15) is 38.6 Å². The van der Waals surface area contributed by atoms with E-state index in [1.165, 1.54) is 6.33 Å². The van der Waals surface area contributed by atoms with Crippen LogP contribution in [0.5, 0.6) is 11.6 Å². The molecule has 16 heteroatoms. The molecule has 276 valence electrons. The van der Waals surface area contributed by atoms with Crippen LogP contribution in [0, 0.1) is 0 Å². The number of nitrogens with one attached hydrogen (secondary N) is 1. The van der Waals surface area contributed by atoms with Crippen LogP contribution in [0.15, 0.2) is 49.4 Å². The van der Waals surface area contributed by atoms with Gasteiger partial charge in [0.05, 0.1) is 70.1 Å². The molecular weight excluding hydrogens is 678 g/mol. The van der Waals surface area contributed by atoms with Gasteiger partial charge in [-0.1, -0.05) is 17.7 Å². The van der Waals surface area contributed by atoms with Crippen molar-refractivity contribution in [1.29, 1.82) is 0 Å². The van der Waals surface area contributed by atoms with Crippen LogP contribution in [0.4, 0.5) is 11.6 Å². The Balaban J connectivity index is 1.08. The highest BCUT2D eigenvalue weighted by Gasteiger charge is 2.29. The normalized spacial score (nSPS) is 18.8. The number of morpholine rings is 1. The molecule has 1 N–H and O–H groups in total. The Hall–Kier alpha value is -3.86. The number of hydrogen-bond donors (Lipinski definition) is 1. The van der Waals surface area contributed by atoms with Crippen LogP contribution in [-0.2, 0) is 25.5 Å². The Kier molecular flexibility index (Phi) is 13.8. The van der Waals surface area contributed by atoms with Gasteiger partial charge in [-0.2, -0.15) is 5.10 Å². The van der Waals surface area contributed by atoms with Crippen LogP contribution < -0.4 is 14.8 Å². The van der Waals surface area contributed by atoms with Crippen molar-refractivity contribution in [3.8, 4) is 22.8 Å². The maximum Gasteiger partial charge on any atom is 0.257 e. The predicted molar refractivity (Wildman–Crippen MR) is 191 cm³/mol. The number of ether oxygens (including phenoxy) is 6. The van der Waals surface area contributed by atoms with Crippen molar-refractivity contribution in [1.82, 2.24) is 39.4 Å². The molecule has 51 heavy (non-hydrogen) atoms. The van der Waals surface area contributed by atoms with Gasteiger partial charge in [0.1, 0.15) is 36.8 Å². The van der Waals surface area contributed by atoms with Crippen molar-refractivity contribution in [3.63, 3.8) is 0 Å². The summed E-state index contributed by atoms with van der Waals surface area (Å²) in [5.41, 5.74) is 2.39. The fourth-order valence-electron chi connectivity index (χ4n) is 6.33. The van der Waals surface area contributed by atoms with E-state index in [1.54, 1.807) is 30.5 Å². The second kappa shape index (κ2) is 19.1. The number of aromatic nitrogens is 7. The Morgan fingerprint density at radius 3 is 2.39 bits per heavy atom. The van der Waals surface area contributed by atoms with E-state index in [0.29, 0.717) is 80.5 Å². The van der Waals surface area contributed by atoms with Crippen LogP contribution in [0.25, 0.3) is 11.1 Å². The fraction of sp³-hybridized carbons (Fsp3) is 0.571. The summed E-state index contributed by atoms with van der Waals surface area (Å²) < 4.78 is 37.7. The van der Waals surface area contributed by atoms with Gasteiger partial charge >= 0.3 is 0 Å². The van der Waals surface area contributed by atoms with Crippen LogP contribution in [0.3, 0.4) is 0 Å². The monoisotopic (exact) mass is 725 g/mol. The van der Waals surface area contributed by atoms with Gasteiger partial charge in [-0.3, -0.25) is 9.58 Å². The number of anilines is 2. The Labute approximate surface area is 303 Å². The minimum Gasteiger partial charge on any atom is -0.487 e. The molecule has 1 aliphatic heterocycles. The first-order valence-electron chi connectivity index (χ1n) is 17.6. The summed E-state index contributed by atoms with van der Waals surface area (Å²) in [5.74, 6) is 1.48. The molecule has 1 saturated heterocycles. The molecule has 2 fully saturated rings. The van der Waals surface area contributed by atoms with Gasteiger partial charge in [-0.15, -0.1) is 5.10 Å². The van der Waals surface area contributed by atoms with E-state index in [4.69, 9.17) is 45.1 Å². The average molecular weight is 726 g/mol. The lowest BCUT2D eigenvalue weighted by Crippen LogP contribution is -2.45. The summed E-state index contributed by atoms with van der Waals surface area (Å²) in [5, 5.41) is 12.9. The number of benzene rings is 1. The summed E-state index contributed by atoms with van der Waals surface area (Å²) in [6.45, 7) is 8.99. The Morgan fingerprint density at radius 2 is 1.67 bits per heavy atom. The summed E-state index contributed by atoms with van der Waals surface area (Å²) in [6.07, 6.45) is 12.9. The van der Waals surface area contributed by atoms with Crippen molar-refractivity contribution < 1.29 is 28.4 Å². The molecule has 1 atom stereocenters. The summed E-state index contributed by atoms with van der Waals surface area (Å²) >= 11 is 6.48. The molecule has 0 amide bonds. The first-order valence-corrected chi connectivity index (χ1v) is 18.0. The lowest BCUT2D eigenvalue weighted by molar-refractivity contribution is 0.00498. The second-order valence-electron chi connectivity index (χ2n) is 12.6. The van der Waals surface area contributed by atoms with E-state index in [9.17, 15) is 0 Å². The molecule has 0 radical (unpaired) electrons. The van der Waals surface area contributed by atoms with E-state index in [1.807, 2.05) is 36.0 Å². The Morgan fingerprint density at radius 1 is 0.941 bits per heavy atom. The van der Waals surface area contributed by atoms with Crippen molar-refractivity contribution in [2.24, 2.45) is 0 Å². The largest absolute Gasteiger partial charge is 0.487 e. The highest BCUT2D eigenvalue weighted by atomic mass is 35.5. The van der Waals surface area contributed by atoms with Gasteiger partial charge in [0.2, 0.25) is 5.95 Å². The minimum atomic E-state index is -0.175. The third-order valence-electron chi connectivity index (χ3n) is 8.97. The molecule has 1 aliphatic carbocycles. The maximum absolute atomic E-state index is 6.48. The van der Waals surface area contributed by atoms with Crippen LogP contribution in [0.2, 0.25) is 5.02 Å². The van der Waals surface area contributed by atoms with Crippen molar-refractivity contribution >= 4 is 23.2 Å². The summed E-state index contributed by atoms with van der Waals surface area (Å²) in [7, 11) is 1.65. The molecule has 4 heterocycles. The number of methoxy groups -OCH3 is 1. The third kappa shape index (κ3) is 10.8. The third-order valence-corrected chi connectivity index (χ3v) is 9.28. The predicted octanol–water partition coefficient (Wildman–Crippen LogP) is 4.67. The van der Waals surface area contributed by atoms with E-state index < -0.39 is 0 Å². The zero-order valence-corrected chi connectivity index (χ0v) is 30.1. The standard InChI is InChI=1S/C35H48ClN9O6/c1-26(22-44-25-37-24-40-44)51-33-19-27(3-8-31(33)36)28-20-38-35(39-21-28)41-32-23-45(30-6-4-29(5-7-30)43-9-11-47-12-10-43)42-34(32)50-18-17-49-16-15-48-14-13-46-2/h3,8,19-21,23-26,29-30H,4-7,9-18,22H2,1-2H3,(H,38,39,41)/t26-,29-,30-/m0/s1. The molecule has 3 aromatic heterocycles. The topological polar surface area (TPSA) is 145 Å². The molecular formula is C35H48ClN9O6. The number of hydrogen-bond acceptors (Lipinski definition) is 13. The highest BCUT2D eigenvalue weighted by molar-refractivity contribution is 6.32. The molecule has 6 rings (SSSR count). The van der Waals surface area contributed by atoms with Crippen molar-refractivity contribution in [2.45, 2.75) is 57.3 Å². The lowest BCUT2D eigenvalue weighted by Gasteiger charge is -2.38. The average Bonchev–Trinajstić information content (AvgIpc) is 3.82. The minimum absolute atomic E-state index is 0.175. The molecule has 0 bridgehead atoms. The van der Waals surface area contributed by atoms with Crippen molar-refractivity contribution in [3.05, 3.63) is 54.5 Å². The fourth-order valence-corrected chi connectivity index (χ4v) is 6.49. The molecule has 0 spiro atoms. The number of nitrogens with zero attached hydrogens (tertiary/aromatic N) is 8. The molecule has 1 aromatic carbocycles. The summed E-state index contributed by atoms with van der Waals surface area (Å²) in [6, 6.07) is 6.50. The number of halogens is 1. The second-order valence-corrected chi connectivity index (χ2v) is 13.0. The van der Waals surface area contributed by atoms with E-state index in [2.05, 4.69) is 30.3 Å². The highest BCUT2D eigenvalue weighted by Crippen LogP contribution is 2.35. The van der Waals surface area contributed by atoms with Gasteiger partial charge in [-0.25, -0.2) is 19.6 Å². The Bertz CT molecular complexity index is 1600. The van der Waals surface area contributed by atoms with Crippen LogP contribution in [-0.4, -0.2) is 125 Å². The number of rotatable bonds is 19. The van der Waals surface area contributed by atoms with Crippen LogP contribution >= 0.6 is 11.6 Å². The van der Waals surface area contributed by atoms with E-state index in [-0.39, 0.29) is 12.1 Å². The summed E-state index contributed by atoms with van der Waals surface area (Å²) in [4.78, 5) is 15.8. The first-order chi connectivity index (χ1) is 25.1. The SMILES string of the molecule is COCCOCCOCCOc1nn([C@H]2CC[C@H](N3CCOCC3)CC2)cc1Nc1ncc(-c2ccc(Cl)c(O[C@@H](C)Cn3cncn3)c2)cn1. The van der Waals surface area contributed by atoms with E-state index >= 15 is 0 Å². The maximum atomic E-state index is 6.48. The van der Waals surface area contributed by atoms with E-state index in [0.717, 1.165) is 63.1 Å². The zero-order chi connectivity index (χ0) is 35.3. The van der Waals surface area contributed by atoms with Crippen molar-refractivity contribution in [2.75, 3.05) is 78.4 Å². The van der Waals surface area contributed by atoms with Gasteiger partial charge in [-0.05, 0) is 50.3 Å². The lowest BCUT2D eigenvalue weighted by atomic mass is 9.90. The molecule has 4 aromatic rings. The quantitative estimate of drug-likeness (QED) is 0.134. The van der Waals surface area contributed by atoms with Gasteiger partial charge in [0.15, 0.2) is 0 Å². The first kappa shape index (κ1) is 36.9. The van der Waals surface area contributed by atoms with Gasteiger partial charge in [0, 0.05) is 44.2 Å². The molecule has 0 unspecified atom stereocenters. The molecule has 1 saturated carbocycles. The smallest absolute Gasteiger partial charge is 0.257 e. The molecule has 2 aliphatic rings. The van der Waals surface area contributed by atoms with Gasteiger partial charge in [0.25, 0.3) is 5.88 Å². The molecule has 15 nitrogen and oxygen atoms in total. The zero-order valence-electron chi connectivity index (χ0n) is 29.4.